The van der Waals surface area contributed by atoms with Crippen molar-refractivity contribution in [2.75, 3.05) is 0 Å². The normalized spacial score (nSPS) is 12.0. The van der Waals surface area contributed by atoms with Crippen LogP contribution in [0, 0.1) is 6.92 Å². The third kappa shape index (κ3) is 4.28. The highest BCUT2D eigenvalue weighted by Crippen LogP contribution is 2.29. The number of hydrogen-bond acceptors (Lipinski definition) is 4. The van der Waals surface area contributed by atoms with E-state index in [-0.39, 0.29) is 10.8 Å². The summed E-state index contributed by atoms with van der Waals surface area (Å²) in [7, 11) is 0. The first kappa shape index (κ1) is 17.4. The van der Waals surface area contributed by atoms with E-state index in [0.29, 0.717) is 21.4 Å². The minimum Gasteiger partial charge on any atom is -0.301 e. The number of H-pyrrole nitrogens is 1. The third-order valence-corrected chi connectivity index (χ3v) is 4.27. The first-order chi connectivity index (χ1) is 10.9. The number of aromatic nitrogens is 2. The zero-order valence-electron chi connectivity index (χ0n) is 12.9. The standard InChI is InChI=1S/C15H16ClN5OS/c1-8(2)23-15-18-12(9(3)14(22)19-15)13(20-21-17)10-4-6-11(16)7-5-10/h4-8,13H,1-3H3,(H,18,19,22). The van der Waals surface area contributed by atoms with Gasteiger partial charge < -0.3 is 4.98 Å². The van der Waals surface area contributed by atoms with Gasteiger partial charge in [0, 0.05) is 20.7 Å². The van der Waals surface area contributed by atoms with Crippen LogP contribution in [0.1, 0.15) is 36.7 Å². The number of thioether (sulfide) groups is 1. The first-order valence-electron chi connectivity index (χ1n) is 6.99. The molecule has 1 aromatic carbocycles. The van der Waals surface area contributed by atoms with Gasteiger partial charge in [-0.15, -0.1) is 0 Å². The molecule has 2 aromatic rings. The summed E-state index contributed by atoms with van der Waals surface area (Å²) in [6, 6.07) is 6.27. The van der Waals surface area contributed by atoms with Crippen LogP contribution in [0.3, 0.4) is 0 Å². The van der Waals surface area contributed by atoms with Crippen molar-refractivity contribution in [1.29, 1.82) is 0 Å². The van der Waals surface area contributed by atoms with Crippen molar-refractivity contribution in [3.05, 3.63) is 66.9 Å². The number of aromatic amines is 1. The molecule has 6 nitrogen and oxygen atoms in total. The Morgan fingerprint density at radius 1 is 1.35 bits per heavy atom. The van der Waals surface area contributed by atoms with E-state index in [4.69, 9.17) is 17.1 Å². The zero-order valence-corrected chi connectivity index (χ0v) is 14.5. The molecule has 0 aliphatic heterocycles. The van der Waals surface area contributed by atoms with Crippen LogP contribution < -0.4 is 5.56 Å². The van der Waals surface area contributed by atoms with Gasteiger partial charge in [-0.05, 0) is 30.2 Å². The Bertz CT molecular complexity index is 797. The molecule has 23 heavy (non-hydrogen) atoms. The number of azide groups is 1. The topological polar surface area (TPSA) is 94.5 Å². The molecule has 0 saturated carbocycles. The quantitative estimate of drug-likeness (QED) is 0.280. The fourth-order valence-electron chi connectivity index (χ4n) is 2.05. The van der Waals surface area contributed by atoms with E-state index in [0.717, 1.165) is 5.56 Å². The monoisotopic (exact) mass is 349 g/mol. The number of benzene rings is 1. The maximum atomic E-state index is 12.2. The summed E-state index contributed by atoms with van der Waals surface area (Å²) >= 11 is 7.35. The van der Waals surface area contributed by atoms with E-state index >= 15 is 0 Å². The van der Waals surface area contributed by atoms with Gasteiger partial charge in [0.05, 0.1) is 5.69 Å². The van der Waals surface area contributed by atoms with Crippen LogP contribution in [0.2, 0.25) is 5.02 Å². The molecule has 0 fully saturated rings. The molecule has 0 amide bonds. The lowest BCUT2D eigenvalue weighted by Crippen LogP contribution is -2.18. The number of rotatable bonds is 5. The van der Waals surface area contributed by atoms with E-state index < -0.39 is 6.04 Å². The Kier molecular flexibility index (Phi) is 5.71. The summed E-state index contributed by atoms with van der Waals surface area (Å²) in [4.78, 5) is 22.3. The van der Waals surface area contributed by atoms with E-state index in [1.807, 2.05) is 13.8 Å². The van der Waals surface area contributed by atoms with E-state index in [1.54, 1.807) is 31.2 Å². The largest absolute Gasteiger partial charge is 0.301 e. The van der Waals surface area contributed by atoms with Gasteiger partial charge in [-0.3, -0.25) is 4.79 Å². The molecule has 1 heterocycles. The third-order valence-electron chi connectivity index (χ3n) is 3.13. The van der Waals surface area contributed by atoms with Gasteiger partial charge in [0.25, 0.3) is 5.56 Å². The summed E-state index contributed by atoms with van der Waals surface area (Å²) in [5, 5.41) is 5.19. The van der Waals surface area contributed by atoms with Crippen molar-refractivity contribution < 1.29 is 0 Å². The molecule has 0 bridgehead atoms. The van der Waals surface area contributed by atoms with Crippen molar-refractivity contribution in [1.82, 2.24) is 9.97 Å². The zero-order chi connectivity index (χ0) is 17.0. The fraction of sp³-hybridized carbons (Fsp3) is 0.333. The van der Waals surface area contributed by atoms with Crippen LogP contribution in [-0.2, 0) is 0 Å². The summed E-state index contributed by atoms with van der Waals surface area (Å²) < 4.78 is 0. The van der Waals surface area contributed by atoms with Gasteiger partial charge in [0.15, 0.2) is 5.16 Å². The molecule has 0 aliphatic rings. The Morgan fingerprint density at radius 3 is 2.57 bits per heavy atom. The predicted molar refractivity (Wildman–Crippen MR) is 93.0 cm³/mol. The molecule has 0 saturated heterocycles. The highest BCUT2D eigenvalue weighted by molar-refractivity contribution is 7.99. The number of nitrogens with zero attached hydrogens (tertiary/aromatic N) is 4. The second kappa shape index (κ2) is 7.55. The molecule has 0 aliphatic carbocycles. The van der Waals surface area contributed by atoms with E-state index in [2.05, 4.69) is 20.0 Å². The van der Waals surface area contributed by atoms with Gasteiger partial charge >= 0.3 is 0 Å². The lowest BCUT2D eigenvalue weighted by Gasteiger charge is -2.15. The molecular formula is C15H16ClN5OS. The summed E-state index contributed by atoms with van der Waals surface area (Å²) in [6.45, 7) is 5.68. The molecule has 8 heteroatoms. The Morgan fingerprint density at radius 2 is 2.00 bits per heavy atom. The van der Waals surface area contributed by atoms with E-state index in [1.165, 1.54) is 11.8 Å². The van der Waals surface area contributed by atoms with Crippen LogP contribution in [0.4, 0.5) is 0 Å². The van der Waals surface area contributed by atoms with Gasteiger partial charge in [-0.1, -0.05) is 54.5 Å². The number of hydrogen-bond donors (Lipinski definition) is 1. The average Bonchev–Trinajstić information content (AvgIpc) is 2.49. The second-order valence-electron chi connectivity index (χ2n) is 5.21. The minimum absolute atomic E-state index is 0.231. The Hall–Kier alpha value is -1.95. The van der Waals surface area contributed by atoms with Gasteiger partial charge in [-0.2, -0.15) is 0 Å². The van der Waals surface area contributed by atoms with Gasteiger partial charge in [0.2, 0.25) is 0 Å². The molecule has 1 unspecified atom stereocenters. The van der Waals surface area contributed by atoms with Crippen molar-refractivity contribution in [3.8, 4) is 0 Å². The van der Waals surface area contributed by atoms with Crippen LogP contribution >= 0.6 is 23.4 Å². The lowest BCUT2D eigenvalue weighted by atomic mass is 10.0. The van der Waals surface area contributed by atoms with Crippen LogP contribution in [0.15, 0.2) is 39.3 Å². The lowest BCUT2D eigenvalue weighted by molar-refractivity contribution is 0.754. The van der Waals surface area contributed by atoms with Crippen molar-refractivity contribution in [2.45, 2.75) is 37.2 Å². The Labute approximate surface area is 142 Å². The molecule has 0 spiro atoms. The van der Waals surface area contributed by atoms with Crippen LogP contribution in [-0.4, -0.2) is 15.2 Å². The summed E-state index contributed by atoms with van der Waals surface area (Å²) in [5.74, 6) is 0. The summed E-state index contributed by atoms with van der Waals surface area (Å²) in [5.41, 5.74) is 10.3. The molecule has 0 radical (unpaired) electrons. The molecule has 2 rings (SSSR count). The highest BCUT2D eigenvalue weighted by atomic mass is 35.5. The number of nitrogens with one attached hydrogen (secondary N) is 1. The SMILES string of the molecule is Cc1c(C(N=[N+]=[N-])c2ccc(Cl)cc2)nc(SC(C)C)[nH]c1=O. The maximum Gasteiger partial charge on any atom is 0.254 e. The first-order valence-corrected chi connectivity index (χ1v) is 8.25. The molecule has 120 valence electrons. The van der Waals surface area contributed by atoms with Gasteiger partial charge in [-0.25, -0.2) is 4.98 Å². The van der Waals surface area contributed by atoms with Gasteiger partial charge in [0.1, 0.15) is 6.04 Å². The average molecular weight is 350 g/mol. The van der Waals surface area contributed by atoms with Crippen LogP contribution in [0.25, 0.3) is 10.4 Å². The molecular weight excluding hydrogens is 334 g/mol. The number of halogens is 1. The highest BCUT2D eigenvalue weighted by Gasteiger charge is 2.20. The second-order valence-corrected chi connectivity index (χ2v) is 7.21. The predicted octanol–water partition coefficient (Wildman–Crippen LogP) is 4.63. The van der Waals surface area contributed by atoms with E-state index in [9.17, 15) is 4.79 Å². The van der Waals surface area contributed by atoms with Crippen molar-refractivity contribution >= 4 is 23.4 Å². The van der Waals surface area contributed by atoms with Crippen molar-refractivity contribution in [3.63, 3.8) is 0 Å². The van der Waals surface area contributed by atoms with Crippen molar-refractivity contribution in [2.24, 2.45) is 5.11 Å². The molecule has 1 atom stereocenters. The van der Waals surface area contributed by atoms with Crippen LogP contribution in [0.5, 0.6) is 0 Å². The molecule has 1 aromatic heterocycles. The smallest absolute Gasteiger partial charge is 0.254 e. The molecule has 1 N–H and O–H groups in total. The fourth-order valence-corrected chi connectivity index (χ4v) is 2.92. The summed E-state index contributed by atoms with van der Waals surface area (Å²) in [6.07, 6.45) is 0. The Balaban J connectivity index is 2.58. The minimum atomic E-state index is -0.675. The maximum absolute atomic E-state index is 12.2.